The molecule has 0 bridgehead atoms. The summed E-state index contributed by atoms with van der Waals surface area (Å²) < 4.78 is 12.2. The zero-order valence-electron chi connectivity index (χ0n) is 82.9. The number of hydrogen-bond acceptors (Lipinski definition) is 28. The third-order valence-electron chi connectivity index (χ3n) is 31.8. The molecule has 143 heavy (non-hydrogen) atoms. The van der Waals surface area contributed by atoms with Crippen LogP contribution in [-0.2, 0) is 23.9 Å². The molecule has 19 rings (SSSR count). The Kier molecular flexibility index (Phi) is 34.7. The van der Waals surface area contributed by atoms with Crippen LogP contribution in [0.5, 0.6) is 0 Å². The Morgan fingerprint density at radius 2 is 0.783 bits per heavy atom. The van der Waals surface area contributed by atoms with Crippen LogP contribution >= 0.6 is 58.0 Å². The number of aliphatic hydroxyl groups excluding tert-OH is 1. The van der Waals surface area contributed by atoms with Crippen LogP contribution in [0.3, 0.4) is 0 Å². The van der Waals surface area contributed by atoms with Crippen molar-refractivity contribution in [3.05, 3.63) is 179 Å². The number of halogens is 5. The number of β-amino-alcohol motifs (C(OH)–C–C–N with tert-alkyl or cyclic N) is 1. The highest BCUT2D eigenvalue weighted by atomic mass is 35.5. The number of aliphatic hydroxyl groups is 1. The van der Waals surface area contributed by atoms with Gasteiger partial charge in [0.05, 0.1) is 73.3 Å². The van der Waals surface area contributed by atoms with E-state index >= 15 is 0 Å². The van der Waals surface area contributed by atoms with Crippen LogP contribution in [0.4, 0.5) is 46.7 Å². The molecule has 3 saturated carbocycles. The predicted molar refractivity (Wildman–Crippen MR) is 564 cm³/mol. The summed E-state index contributed by atoms with van der Waals surface area (Å²) in [7, 11) is -2.36. The van der Waals surface area contributed by atoms with Crippen molar-refractivity contribution in [3.8, 4) is 18.2 Å². The first-order valence-electron chi connectivity index (χ1n) is 50.7. The number of aliphatic carboxylic acids is 3. The lowest BCUT2D eigenvalue weighted by Crippen LogP contribution is -2.56. The van der Waals surface area contributed by atoms with Gasteiger partial charge in [0.25, 0.3) is 0 Å². The molecule has 31 nitrogen and oxygen atoms in total. The van der Waals surface area contributed by atoms with Crippen molar-refractivity contribution in [3.63, 3.8) is 0 Å². The summed E-state index contributed by atoms with van der Waals surface area (Å²) >= 11 is 32.3. The van der Waals surface area contributed by atoms with Gasteiger partial charge >= 0.3 is 17.9 Å². The molecule has 8 N–H and O–H groups in total. The molecular weight excluding hydrogens is 1930 g/mol. The van der Waals surface area contributed by atoms with Crippen molar-refractivity contribution in [1.29, 1.82) is 15.8 Å². The first kappa shape index (κ1) is 106. The number of nitrogens with one attached hydrogen (secondary N) is 4. The lowest BCUT2D eigenvalue weighted by Gasteiger charge is -2.50. The molecule has 11 fully saturated rings. The maximum atomic E-state index is 12.2. The second-order valence-corrected chi connectivity index (χ2v) is 46.3. The maximum Gasteiger partial charge on any atom is 0.308 e. The van der Waals surface area contributed by atoms with Gasteiger partial charge in [0.2, 0.25) is 5.95 Å². The molecule has 762 valence electrons. The average molecular weight is 2070 g/mol. The van der Waals surface area contributed by atoms with Crippen LogP contribution in [0.2, 0.25) is 25.1 Å². The third kappa shape index (κ3) is 25.5. The molecule has 4 aromatic carbocycles. The van der Waals surface area contributed by atoms with Crippen molar-refractivity contribution in [2.24, 2.45) is 65.1 Å². The summed E-state index contributed by atoms with van der Waals surface area (Å²) in [6.07, 6.45) is 23.9. The molecule has 11 atom stereocenters. The number of anilines is 8. The van der Waals surface area contributed by atoms with Crippen LogP contribution in [0, 0.1) is 120 Å². The fourth-order valence-electron chi connectivity index (χ4n) is 22.8. The number of piperidine rings is 4. The Morgan fingerprint density at radius 1 is 0.427 bits per heavy atom. The van der Waals surface area contributed by atoms with E-state index in [0.29, 0.717) is 114 Å². The monoisotopic (exact) mass is 2060 g/mol. The maximum absolute atomic E-state index is 12.2. The molecule has 11 unspecified atom stereocenters. The van der Waals surface area contributed by atoms with E-state index in [9.17, 15) is 54.8 Å². The highest BCUT2D eigenvalue weighted by molar-refractivity contribution is 7.99. The summed E-state index contributed by atoms with van der Waals surface area (Å²) in [6.45, 7) is 30.8. The molecule has 37 heteroatoms. The van der Waals surface area contributed by atoms with Gasteiger partial charge < -0.3 is 76.0 Å². The van der Waals surface area contributed by atoms with Crippen LogP contribution in [0.15, 0.2) is 102 Å². The number of benzene rings is 4. The third-order valence-corrected chi connectivity index (χ3v) is 34.6. The summed E-state index contributed by atoms with van der Waals surface area (Å²) in [6, 6.07) is 30.2. The predicted octanol–water partition coefficient (Wildman–Crippen LogP) is 17.7. The van der Waals surface area contributed by atoms with Crippen LogP contribution in [0.1, 0.15) is 204 Å². The standard InChI is InChI=1S/C28H35ClN6O2.C27H33ClN6O2.C26H33Cl2N5O2.C25H33ClN6O2S/c1-17-8-9-21(23(29)11-17)18(2)32-27-24(12-30)31-13-26(33-27)35-15-20(16-35)19-5-4-10-34(14-19)25-7-3-6-22(25)28(36)37;1-16-5-6-22(23(28)8-16)17(2)31-26-24(11-29)30-12-25(32-26)34-14-20(15-34)18-4-3-7-33(13-18)21-9-19(10-21)27(35)36;1-15-5-6-21(22(27)8-15)16(2)30-24-23(28)11-29-26(31-24)33-13-19(14-33)17-4-3-7-32(12-17)20-9-18(10-20)25(34)35;1-17(21-7-6-20(11-22(21)26)35(2,3)34)29-25-23(12-27)28-13-24(30-25)32-15-19(16-32)18-5-4-8-31(14-18)9-10-33/h8-9,11,13,18-20,22,25H,3-7,10,14-16H2,1-2H3,(H,32,33)(H,36,37);5-6,8,12,17-21H,3-4,7,9-10,13-15H2,1-2H3,(H,31,32)(H,35,36);5-6,8,11,16-20H,3-4,7,9-10,12-14H2,1-2H3,(H,34,35)(H,29,30,31);6-7,11,13,17-19,33H,2,4-5,8-10,14-16H2,1,3H3,(H,29,30). The van der Waals surface area contributed by atoms with E-state index < -0.39 is 27.4 Å². The fourth-order valence-corrected chi connectivity index (χ4v) is 25.3. The van der Waals surface area contributed by atoms with E-state index in [1.807, 2.05) is 103 Å². The van der Waals surface area contributed by atoms with E-state index in [-0.39, 0.29) is 71.7 Å². The van der Waals surface area contributed by atoms with Crippen LogP contribution in [-0.4, -0.2) is 250 Å². The number of aryl methyl sites for hydroxylation is 3. The van der Waals surface area contributed by atoms with E-state index in [2.05, 4.69) is 111 Å². The molecular formula is C106H134Cl5N23O8S. The van der Waals surface area contributed by atoms with Gasteiger partial charge in [0.1, 0.15) is 40.7 Å². The van der Waals surface area contributed by atoms with Gasteiger partial charge in [-0.15, -0.1) is 0 Å². The summed E-state index contributed by atoms with van der Waals surface area (Å²) in [5.41, 5.74) is 7.79. The number of nitrogens with zero attached hydrogens (tertiary/aromatic N) is 19. The van der Waals surface area contributed by atoms with Gasteiger partial charge in [-0.2, -0.15) is 20.8 Å². The fraction of sp³-hybridized carbons (Fsp3) is 0.557. The first-order valence-corrected chi connectivity index (χ1v) is 54.7. The number of likely N-dealkylation sites (tertiary alicyclic amines) is 4. The van der Waals surface area contributed by atoms with Crippen molar-refractivity contribution >= 4 is 138 Å². The zero-order valence-corrected chi connectivity index (χ0v) is 87.5. The molecule has 0 radical (unpaired) electrons. The first-order chi connectivity index (χ1) is 68.6. The number of carboxylic acid groups (broad SMARTS) is 3. The van der Waals surface area contributed by atoms with Crippen molar-refractivity contribution in [1.82, 2.24) is 59.5 Å². The Morgan fingerprint density at radius 3 is 1.15 bits per heavy atom. The number of aromatic nitrogens is 8. The molecule has 3 aliphatic carbocycles. The van der Waals surface area contributed by atoms with E-state index in [4.69, 9.17) is 77.9 Å². The number of nitriles is 3. The number of rotatable bonds is 29. The van der Waals surface area contributed by atoms with E-state index in [1.165, 1.54) is 44.9 Å². The van der Waals surface area contributed by atoms with Gasteiger partial charge in [0, 0.05) is 134 Å². The minimum Gasteiger partial charge on any atom is -0.481 e. The molecule has 0 spiro atoms. The average Bonchev–Trinajstić information content (AvgIpc) is 1.53. The van der Waals surface area contributed by atoms with Gasteiger partial charge in [-0.3, -0.25) is 23.5 Å². The van der Waals surface area contributed by atoms with E-state index in [1.54, 1.807) is 43.2 Å². The van der Waals surface area contributed by atoms with Gasteiger partial charge in [0.15, 0.2) is 40.4 Å². The lowest BCUT2D eigenvalue weighted by atomic mass is 9.76. The Labute approximate surface area is 865 Å². The Balaban J connectivity index is 0.000000137. The molecule has 8 saturated heterocycles. The van der Waals surface area contributed by atoms with Crippen LogP contribution in [0.25, 0.3) is 0 Å². The van der Waals surface area contributed by atoms with E-state index in [0.717, 1.165) is 224 Å². The molecule has 4 aromatic heterocycles. The van der Waals surface area contributed by atoms with Crippen molar-refractivity contribution in [2.75, 3.05) is 165 Å². The lowest BCUT2D eigenvalue weighted by molar-refractivity contribution is -0.148. The molecule has 8 aliphatic heterocycles. The second kappa shape index (κ2) is 47.1. The number of hydrogen-bond donors (Lipinski definition) is 8. The second-order valence-electron chi connectivity index (χ2n) is 41.7. The summed E-state index contributed by atoms with van der Waals surface area (Å²) in [4.78, 5) is 90.0. The smallest absolute Gasteiger partial charge is 0.308 e. The molecule has 0 amide bonds. The molecule has 12 heterocycles. The molecule has 11 aliphatic rings. The zero-order chi connectivity index (χ0) is 101. The number of carboxylic acids is 3. The van der Waals surface area contributed by atoms with Crippen molar-refractivity contribution in [2.45, 2.75) is 192 Å². The Hall–Kier alpha value is -10.2. The number of carbonyl (C=O) groups is 3. The van der Waals surface area contributed by atoms with Crippen molar-refractivity contribution < 1.29 is 39.0 Å². The summed E-state index contributed by atoms with van der Waals surface area (Å²) in [5, 5.41) is 82.5. The van der Waals surface area contributed by atoms with Crippen LogP contribution < -0.4 is 40.9 Å². The highest BCUT2D eigenvalue weighted by Gasteiger charge is 2.48. The Bertz CT molecular complexity index is 6120. The minimum atomic E-state index is -2.36. The SMILES string of the molecule is C=S(C)(=O)c1ccc(C(C)Nc2nc(N3CC(C4CCCN(CCO)C4)C3)cnc2C#N)c(Cl)c1.Cc1ccc(C(C)Nc2nc(N3CC(C4CCCN(C5CC(C(=O)O)C5)C4)C3)cnc2C#N)c(Cl)c1.Cc1ccc(C(C)Nc2nc(N3CC(C4CCCN(C5CC(C(=O)O)C5)C4)C3)ncc2Cl)c(Cl)c1.Cc1ccc(C(C)Nc2nc(N3CC(C4CCCN(C5CCCC5C(=O)O)C4)C3)cnc2C#N)c(Cl)c1. The van der Waals surface area contributed by atoms with Gasteiger partial charge in [-0.1, -0.05) is 107 Å². The van der Waals surface area contributed by atoms with Gasteiger partial charge in [-0.25, -0.2) is 34.9 Å². The quantitative estimate of drug-likeness (QED) is 0.0202. The topological polar surface area (TPSA) is 398 Å². The summed E-state index contributed by atoms with van der Waals surface area (Å²) in [5.74, 6) is 11.1. The van der Waals surface area contributed by atoms with Gasteiger partial charge in [-0.05, 0) is 297 Å². The highest BCUT2D eigenvalue weighted by Crippen LogP contribution is 2.46. The minimum absolute atomic E-state index is 0.0482. The normalized spacial score (nSPS) is 24.6. The molecule has 8 aromatic rings. The largest absolute Gasteiger partial charge is 0.481 e.